The predicted molar refractivity (Wildman–Crippen MR) is 111 cm³/mol. The molecule has 2 aromatic rings. The highest BCUT2D eigenvalue weighted by Crippen LogP contribution is 2.33. The van der Waals surface area contributed by atoms with E-state index in [1.165, 1.54) is 0 Å². The zero-order valence-electron chi connectivity index (χ0n) is 15.9. The van der Waals surface area contributed by atoms with Gasteiger partial charge in [-0.05, 0) is 48.2 Å². The van der Waals surface area contributed by atoms with E-state index < -0.39 is 0 Å². The van der Waals surface area contributed by atoms with Crippen molar-refractivity contribution in [2.75, 3.05) is 19.5 Å². The van der Waals surface area contributed by atoms with Crippen molar-refractivity contribution in [1.82, 2.24) is 5.32 Å². The van der Waals surface area contributed by atoms with Gasteiger partial charge in [-0.15, -0.1) is 0 Å². The molecule has 1 fully saturated rings. The van der Waals surface area contributed by atoms with Gasteiger partial charge in [0.05, 0.1) is 20.6 Å². The Morgan fingerprint density at radius 1 is 1.07 bits per heavy atom. The molecule has 1 saturated carbocycles. The van der Waals surface area contributed by atoms with E-state index >= 15 is 0 Å². The van der Waals surface area contributed by atoms with Crippen molar-refractivity contribution < 1.29 is 19.1 Å². The summed E-state index contributed by atoms with van der Waals surface area (Å²) in [6, 6.07) is 11.1. The summed E-state index contributed by atoms with van der Waals surface area (Å²) in [5.74, 6) is 1.35. The Balaban J connectivity index is 1.53. The van der Waals surface area contributed by atoms with Gasteiger partial charge in [0.25, 0.3) is 0 Å². The largest absolute Gasteiger partial charge is 0.493 e. The van der Waals surface area contributed by atoms with Crippen LogP contribution in [0.2, 0.25) is 0 Å². The van der Waals surface area contributed by atoms with E-state index in [4.69, 9.17) is 9.47 Å². The first-order valence-corrected chi connectivity index (χ1v) is 9.86. The van der Waals surface area contributed by atoms with Gasteiger partial charge in [-0.3, -0.25) is 9.59 Å². The molecule has 28 heavy (non-hydrogen) atoms. The average molecular weight is 447 g/mol. The maximum absolute atomic E-state index is 12.3. The van der Waals surface area contributed by atoms with Crippen LogP contribution < -0.4 is 20.1 Å². The quantitative estimate of drug-likeness (QED) is 0.648. The summed E-state index contributed by atoms with van der Waals surface area (Å²) in [6.07, 6.45) is 2.18. The number of anilines is 1. The number of hydrogen-bond donors (Lipinski definition) is 2. The first kappa shape index (κ1) is 20.2. The summed E-state index contributed by atoms with van der Waals surface area (Å²) in [4.78, 5) is 24.1. The lowest BCUT2D eigenvalue weighted by Gasteiger charge is -2.12. The highest BCUT2D eigenvalue weighted by atomic mass is 79.9. The van der Waals surface area contributed by atoms with Crippen LogP contribution >= 0.6 is 15.9 Å². The molecular weight excluding hydrogens is 424 g/mol. The molecule has 0 aliphatic heterocycles. The molecule has 0 unspecified atom stereocenters. The molecule has 2 N–H and O–H groups in total. The van der Waals surface area contributed by atoms with Gasteiger partial charge in [0.1, 0.15) is 0 Å². The van der Waals surface area contributed by atoms with Gasteiger partial charge in [-0.25, -0.2) is 0 Å². The van der Waals surface area contributed by atoms with Crippen molar-refractivity contribution in [3.8, 4) is 11.5 Å². The molecule has 2 aromatic carbocycles. The summed E-state index contributed by atoms with van der Waals surface area (Å²) in [5, 5.41) is 5.81. The lowest BCUT2D eigenvalue weighted by molar-refractivity contribution is -0.120. The highest BCUT2D eigenvalue weighted by molar-refractivity contribution is 9.10. The monoisotopic (exact) mass is 446 g/mol. The number of benzene rings is 2. The van der Waals surface area contributed by atoms with Crippen molar-refractivity contribution in [2.45, 2.75) is 25.8 Å². The minimum atomic E-state index is -0.0981. The first-order valence-electron chi connectivity index (χ1n) is 9.07. The summed E-state index contributed by atoms with van der Waals surface area (Å²) in [7, 11) is 3.13. The maximum atomic E-state index is 12.3. The Morgan fingerprint density at radius 3 is 2.32 bits per heavy atom. The predicted octanol–water partition coefficient (Wildman–Crippen LogP) is 3.67. The van der Waals surface area contributed by atoms with E-state index in [0.29, 0.717) is 18.0 Å². The van der Waals surface area contributed by atoms with E-state index in [2.05, 4.69) is 26.6 Å². The first-order chi connectivity index (χ1) is 13.5. The molecule has 3 rings (SSSR count). The SMILES string of the molecule is COc1cc(Br)c(CC(=O)NCc2ccc(NC(=O)C3CC3)cc2)cc1OC. The van der Waals surface area contributed by atoms with Gasteiger partial charge in [-0.1, -0.05) is 28.1 Å². The van der Waals surface area contributed by atoms with Gasteiger partial charge in [0.2, 0.25) is 11.8 Å². The number of carbonyl (C=O) groups excluding carboxylic acids is 2. The second kappa shape index (κ2) is 9.10. The van der Waals surface area contributed by atoms with Crippen LogP contribution in [0.5, 0.6) is 11.5 Å². The molecular formula is C21H23BrN2O4. The van der Waals surface area contributed by atoms with E-state index in [0.717, 1.165) is 34.1 Å². The third-order valence-corrected chi connectivity index (χ3v) is 5.30. The number of hydrogen-bond acceptors (Lipinski definition) is 4. The van der Waals surface area contributed by atoms with Gasteiger partial charge >= 0.3 is 0 Å². The molecule has 1 aliphatic rings. The molecule has 0 spiro atoms. The molecule has 0 saturated heterocycles. The van der Waals surface area contributed by atoms with Crippen LogP contribution in [0.1, 0.15) is 24.0 Å². The van der Waals surface area contributed by atoms with Gasteiger partial charge in [-0.2, -0.15) is 0 Å². The van der Waals surface area contributed by atoms with Gasteiger partial charge in [0.15, 0.2) is 11.5 Å². The second-order valence-electron chi connectivity index (χ2n) is 6.71. The maximum Gasteiger partial charge on any atom is 0.227 e. The number of rotatable bonds is 8. The highest BCUT2D eigenvalue weighted by Gasteiger charge is 2.29. The molecule has 0 radical (unpaired) electrons. The summed E-state index contributed by atoms with van der Waals surface area (Å²) in [6.45, 7) is 0.417. The average Bonchev–Trinajstić information content (AvgIpc) is 3.54. The van der Waals surface area contributed by atoms with Gasteiger partial charge in [0, 0.05) is 22.6 Å². The Labute approximate surface area is 172 Å². The molecule has 148 valence electrons. The third-order valence-electron chi connectivity index (χ3n) is 4.56. The zero-order valence-corrected chi connectivity index (χ0v) is 17.5. The Kier molecular flexibility index (Phi) is 6.57. The molecule has 7 heteroatoms. The fraction of sp³-hybridized carbons (Fsp3) is 0.333. The fourth-order valence-electron chi connectivity index (χ4n) is 2.76. The van der Waals surface area contributed by atoms with Crippen molar-refractivity contribution in [3.05, 3.63) is 52.0 Å². The fourth-order valence-corrected chi connectivity index (χ4v) is 3.23. The van der Waals surface area contributed by atoms with Crippen LogP contribution in [0.3, 0.4) is 0 Å². The van der Waals surface area contributed by atoms with Crippen LogP contribution in [0, 0.1) is 5.92 Å². The Hall–Kier alpha value is -2.54. The minimum absolute atomic E-state index is 0.0848. The molecule has 6 nitrogen and oxygen atoms in total. The van der Waals surface area contributed by atoms with Gasteiger partial charge < -0.3 is 20.1 Å². The normalized spacial score (nSPS) is 13.0. The number of nitrogens with one attached hydrogen (secondary N) is 2. The molecule has 2 amide bonds. The zero-order chi connectivity index (χ0) is 20.1. The Bertz CT molecular complexity index is 863. The van der Waals surface area contributed by atoms with Crippen LogP contribution in [0.4, 0.5) is 5.69 Å². The van der Waals surface area contributed by atoms with Crippen LogP contribution in [-0.2, 0) is 22.6 Å². The van der Waals surface area contributed by atoms with Crippen LogP contribution in [0.15, 0.2) is 40.9 Å². The number of ether oxygens (including phenoxy) is 2. The smallest absolute Gasteiger partial charge is 0.227 e. The lowest BCUT2D eigenvalue weighted by atomic mass is 10.1. The van der Waals surface area contributed by atoms with E-state index in [-0.39, 0.29) is 24.2 Å². The number of carbonyl (C=O) groups is 2. The molecule has 0 bridgehead atoms. The van der Waals surface area contributed by atoms with E-state index in [1.54, 1.807) is 26.4 Å². The number of methoxy groups -OCH3 is 2. The number of amides is 2. The summed E-state index contributed by atoms with van der Waals surface area (Å²) >= 11 is 3.47. The number of halogens is 1. The Morgan fingerprint density at radius 2 is 1.71 bits per heavy atom. The standard InChI is InChI=1S/C21H23BrN2O4/c1-27-18-9-15(17(22)11-19(18)28-2)10-20(25)23-12-13-3-7-16(8-4-13)24-21(26)14-5-6-14/h3-4,7-9,11,14H,5-6,10,12H2,1-2H3,(H,23,25)(H,24,26). The molecule has 1 aliphatic carbocycles. The lowest BCUT2D eigenvalue weighted by Crippen LogP contribution is -2.24. The van der Waals surface area contributed by atoms with E-state index in [1.807, 2.05) is 24.3 Å². The van der Waals surface area contributed by atoms with Crippen molar-refractivity contribution in [2.24, 2.45) is 5.92 Å². The molecule has 0 heterocycles. The molecule has 0 atom stereocenters. The summed E-state index contributed by atoms with van der Waals surface area (Å²) < 4.78 is 11.3. The second-order valence-corrected chi connectivity index (χ2v) is 7.57. The van der Waals surface area contributed by atoms with Crippen molar-refractivity contribution in [1.29, 1.82) is 0 Å². The van der Waals surface area contributed by atoms with Crippen molar-refractivity contribution in [3.63, 3.8) is 0 Å². The van der Waals surface area contributed by atoms with Crippen LogP contribution in [-0.4, -0.2) is 26.0 Å². The minimum Gasteiger partial charge on any atom is -0.493 e. The molecule has 0 aromatic heterocycles. The topological polar surface area (TPSA) is 76.7 Å². The third kappa shape index (κ3) is 5.25. The summed E-state index contributed by atoms with van der Waals surface area (Å²) in [5.41, 5.74) is 2.55. The van der Waals surface area contributed by atoms with Crippen LogP contribution in [0.25, 0.3) is 0 Å². The van der Waals surface area contributed by atoms with Crippen molar-refractivity contribution >= 4 is 33.4 Å². The van der Waals surface area contributed by atoms with E-state index in [9.17, 15) is 9.59 Å².